The number of carboxylic acids is 1. The zero-order chi connectivity index (χ0) is 34.7. The number of nitrogens with two attached hydrogens (primary N) is 1. The fourth-order valence-electron chi connectivity index (χ4n) is 5.75. The standard InChI is InChI=1S/C35H53N7O6/c1-34(2,14-21-48-35(3,4)24-36)32(45)38-16-7-20-47-29-13-11-26(23-39-29)28(22-30(43)44)42-19-18-41(33(42)46)17-6-9-27-12-10-25-8-5-15-37-31(25)40-27/h10-13,23,28H,5-9,14-22,24,36H2,1-4H3,(H,37,40)(H,38,45)(H,43,44)/t28-/m0/s1. The number of carboxylic acid groups (broad SMARTS) is 1. The molecule has 2 aromatic heterocycles. The summed E-state index contributed by atoms with van der Waals surface area (Å²) < 4.78 is 11.6. The summed E-state index contributed by atoms with van der Waals surface area (Å²) in [6.07, 6.45) is 6.21. The van der Waals surface area contributed by atoms with Crippen molar-refractivity contribution in [3.63, 3.8) is 0 Å². The molecule has 0 unspecified atom stereocenters. The topological polar surface area (TPSA) is 172 Å². The lowest BCUT2D eigenvalue weighted by Gasteiger charge is -2.28. The first-order chi connectivity index (χ1) is 22.9. The number of amides is 3. The Bertz CT molecular complexity index is 1380. The van der Waals surface area contributed by atoms with Gasteiger partial charge in [-0.3, -0.25) is 9.59 Å². The van der Waals surface area contributed by atoms with Crippen molar-refractivity contribution in [2.45, 2.75) is 84.3 Å². The minimum atomic E-state index is -0.990. The summed E-state index contributed by atoms with van der Waals surface area (Å²) in [5, 5.41) is 16.0. The first-order valence-electron chi connectivity index (χ1n) is 17.1. The Hall–Kier alpha value is -3.97. The van der Waals surface area contributed by atoms with Crippen LogP contribution in [-0.2, 0) is 27.2 Å². The zero-order valence-electron chi connectivity index (χ0n) is 28.9. The predicted octanol–water partition coefficient (Wildman–Crippen LogP) is 3.78. The fourth-order valence-corrected chi connectivity index (χ4v) is 5.75. The van der Waals surface area contributed by atoms with Crippen LogP contribution in [0.15, 0.2) is 30.5 Å². The summed E-state index contributed by atoms with van der Waals surface area (Å²) in [6.45, 7) is 11.8. The average Bonchev–Trinajstić information content (AvgIpc) is 3.42. The first-order valence-corrected chi connectivity index (χ1v) is 17.1. The van der Waals surface area contributed by atoms with Gasteiger partial charge in [0.25, 0.3) is 0 Å². The molecule has 4 heterocycles. The van der Waals surface area contributed by atoms with E-state index in [4.69, 9.17) is 20.2 Å². The molecule has 1 saturated heterocycles. The Kier molecular flexibility index (Phi) is 13.0. The number of carbonyl (C=O) groups is 3. The third-order valence-corrected chi connectivity index (χ3v) is 9.01. The molecule has 1 fully saturated rings. The van der Waals surface area contributed by atoms with E-state index in [1.807, 2.05) is 27.7 Å². The van der Waals surface area contributed by atoms with Crippen molar-refractivity contribution in [1.82, 2.24) is 25.1 Å². The third kappa shape index (κ3) is 10.5. The van der Waals surface area contributed by atoms with Gasteiger partial charge in [0.05, 0.1) is 24.7 Å². The summed E-state index contributed by atoms with van der Waals surface area (Å²) >= 11 is 0. The van der Waals surface area contributed by atoms with E-state index in [2.05, 4.69) is 27.8 Å². The van der Waals surface area contributed by atoms with Crippen molar-refractivity contribution in [3.05, 3.63) is 47.3 Å². The van der Waals surface area contributed by atoms with Crippen molar-refractivity contribution in [2.24, 2.45) is 11.1 Å². The number of nitrogens with zero attached hydrogens (tertiary/aromatic N) is 4. The molecule has 0 spiro atoms. The van der Waals surface area contributed by atoms with Gasteiger partial charge in [-0.15, -0.1) is 0 Å². The maximum atomic E-state index is 13.4. The van der Waals surface area contributed by atoms with Crippen LogP contribution in [-0.4, -0.2) is 101 Å². The molecule has 0 aromatic carbocycles. The molecule has 48 heavy (non-hydrogen) atoms. The molecule has 2 aliphatic rings. The molecule has 4 rings (SSSR count). The highest BCUT2D eigenvalue weighted by atomic mass is 16.5. The molecule has 1 atom stereocenters. The summed E-state index contributed by atoms with van der Waals surface area (Å²) in [7, 11) is 0. The lowest BCUT2D eigenvalue weighted by Crippen LogP contribution is -2.40. The second kappa shape index (κ2) is 16.9. The molecule has 0 saturated carbocycles. The van der Waals surface area contributed by atoms with Crippen LogP contribution in [0, 0.1) is 5.41 Å². The summed E-state index contributed by atoms with van der Waals surface area (Å²) in [4.78, 5) is 50.4. The van der Waals surface area contributed by atoms with E-state index in [-0.39, 0.29) is 18.4 Å². The largest absolute Gasteiger partial charge is 0.481 e. The van der Waals surface area contributed by atoms with E-state index in [1.54, 1.807) is 28.1 Å². The quantitative estimate of drug-likeness (QED) is 0.162. The van der Waals surface area contributed by atoms with Crippen LogP contribution in [0.5, 0.6) is 5.88 Å². The molecule has 0 radical (unpaired) electrons. The zero-order valence-corrected chi connectivity index (χ0v) is 28.9. The van der Waals surface area contributed by atoms with Crippen LogP contribution in [0.25, 0.3) is 0 Å². The van der Waals surface area contributed by atoms with Gasteiger partial charge in [0.15, 0.2) is 0 Å². The van der Waals surface area contributed by atoms with Gasteiger partial charge in [-0.25, -0.2) is 14.8 Å². The molecule has 13 nitrogen and oxygen atoms in total. The summed E-state index contributed by atoms with van der Waals surface area (Å²) in [5.41, 5.74) is 7.60. The number of anilines is 1. The van der Waals surface area contributed by atoms with E-state index in [9.17, 15) is 19.5 Å². The van der Waals surface area contributed by atoms with Crippen molar-refractivity contribution >= 4 is 23.7 Å². The second-order valence-corrected chi connectivity index (χ2v) is 13.9. The predicted molar refractivity (Wildman–Crippen MR) is 183 cm³/mol. The molecule has 5 N–H and O–H groups in total. The van der Waals surface area contributed by atoms with Crippen LogP contribution in [0.1, 0.15) is 82.7 Å². The number of aromatic nitrogens is 2. The first kappa shape index (κ1) is 36.9. The Labute approximate surface area is 284 Å². The lowest BCUT2D eigenvalue weighted by molar-refractivity contribution is -0.138. The Morgan fingerprint density at radius 2 is 1.94 bits per heavy atom. The van der Waals surface area contributed by atoms with E-state index in [1.165, 1.54) is 5.56 Å². The summed E-state index contributed by atoms with van der Waals surface area (Å²) in [5.74, 6) is 0.315. The molecule has 3 amide bonds. The number of hydrogen-bond donors (Lipinski definition) is 4. The monoisotopic (exact) mass is 667 g/mol. The Morgan fingerprint density at radius 1 is 1.12 bits per heavy atom. The van der Waals surface area contributed by atoms with E-state index in [0.717, 1.165) is 43.7 Å². The highest BCUT2D eigenvalue weighted by molar-refractivity contribution is 5.81. The molecule has 0 aliphatic carbocycles. The number of nitrogens with one attached hydrogen (secondary N) is 2. The van der Waals surface area contributed by atoms with Crippen LogP contribution in [0.3, 0.4) is 0 Å². The highest BCUT2D eigenvalue weighted by Crippen LogP contribution is 2.29. The maximum Gasteiger partial charge on any atom is 0.320 e. The minimum Gasteiger partial charge on any atom is -0.481 e. The number of aryl methyl sites for hydroxylation is 2. The molecular weight excluding hydrogens is 614 g/mol. The number of fused-ring (bicyclic) bond motifs is 1. The van der Waals surface area contributed by atoms with Crippen molar-refractivity contribution in [2.75, 3.05) is 57.8 Å². The molecule has 13 heteroatoms. The molecule has 2 aliphatic heterocycles. The molecular formula is C35H53N7O6. The SMILES string of the molecule is CC(C)(CN)OCCC(C)(C)C(=O)NCCCOc1ccc([C@H](CC(=O)O)N2CCN(CCCc3ccc4c(n3)NCCC4)C2=O)cn1. The van der Waals surface area contributed by atoms with Gasteiger partial charge < -0.3 is 40.7 Å². The molecule has 0 bridgehead atoms. The van der Waals surface area contributed by atoms with Gasteiger partial charge in [-0.2, -0.15) is 0 Å². The van der Waals surface area contributed by atoms with E-state index < -0.39 is 23.0 Å². The van der Waals surface area contributed by atoms with Crippen LogP contribution < -0.4 is 21.1 Å². The third-order valence-electron chi connectivity index (χ3n) is 9.01. The molecule has 2 aromatic rings. The number of ether oxygens (including phenoxy) is 2. The molecule has 264 valence electrons. The second-order valence-electron chi connectivity index (χ2n) is 13.9. The maximum absolute atomic E-state index is 13.4. The van der Waals surface area contributed by atoms with Crippen LogP contribution in [0.4, 0.5) is 10.6 Å². The van der Waals surface area contributed by atoms with Gasteiger partial charge in [-0.05, 0) is 69.6 Å². The van der Waals surface area contributed by atoms with E-state index >= 15 is 0 Å². The van der Waals surface area contributed by atoms with E-state index in [0.29, 0.717) is 70.2 Å². The van der Waals surface area contributed by atoms with Crippen molar-refractivity contribution < 1.29 is 29.0 Å². The summed E-state index contributed by atoms with van der Waals surface area (Å²) in [6, 6.07) is 6.85. The van der Waals surface area contributed by atoms with Crippen LogP contribution >= 0.6 is 0 Å². The number of urea groups is 1. The fraction of sp³-hybridized carbons (Fsp3) is 0.629. The number of pyridine rings is 2. The van der Waals surface area contributed by atoms with Gasteiger partial charge in [0.2, 0.25) is 11.8 Å². The van der Waals surface area contributed by atoms with Gasteiger partial charge >= 0.3 is 12.0 Å². The smallest absolute Gasteiger partial charge is 0.320 e. The van der Waals surface area contributed by atoms with Crippen LogP contribution in [0.2, 0.25) is 0 Å². The van der Waals surface area contributed by atoms with Crippen molar-refractivity contribution in [3.8, 4) is 5.88 Å². The van der Waals surface area contributed by atoms with Gasteiger partial charge in [0, 0.05) is 69.2 Å². The number of carbonyl (C=O) groups excluding carboxylic acids is 2. The minimum absolute atomic E-state index is 0.0532. The van der Waals surface area contributed by atoms with Gasteiger partial charge in [0.1, 0.15) is 5.82 Å². The number of aliphatic carboxylic acids is 1. The Morgan fingerprint density at radius 3 is 2.67 bits per heavy atom. The number of rotatable bonds is 19. The average molecular weight is 668 g/mol. The Balaban J connectivity index is 1.21. The highest BCUT2D eigenvalue weighted by Gasteiger charge is 2.35. The lowest BCUT2D eigenvalue weighted by atomic mass is 9.88. The number of hydrogen-bond acceptors (Lipinski definition) is 9. The van der Waals surface area contributed by atoms with Gasteiger partial charge in [-0.1, -0.05) is 26.0 Å². The normalized spacial score (nSPS) is 15.6. The van der Waals surface area contributed by atoms with Crippen molar-refractivity contribution in [1.29, 1.82) is 0 Å².